The number of hydrogen-bond acceptors (Lipinski definition) is 5. The molecule has 4 aromatic rings. The first kappa shape index (κ1) is 25.0. The lowest BCUT2D eigenvalue weighted by atomic mass is 10.2. The third kappa shape index (κ3) is 6.96. The van der Waals surface area contributed by atoms with E-state index in [2.05, 4.69) is 50.5 Å². The molecule has 1 N–H and O–H groups in total. The van der Waals surface area contributed by atoms with E-state index in [9.17, 15) is 4.79 Å². The van der Waals surface area contributed by atoms with Gasteiger partial charge in [0.25, 0.3) is 5.91 Å². The molecule has 0 bridgehead atoms. The fraction of sp³-hybridized carbons (Fsp3) is 0.222. The van der Waals surface area contributed by atoms with E-state index in [1.165, 1.54) is 5.56 Å². The van der Waals surface area contributed by atoms with Gasteiger partial charge < -0.3 is 10.1 Å². The molecule has 35 heavy (non-hydrogen) atoms. The summed E-state index contributed by atoms with van der Waals surface area (Å²) >= 11 is 5.08. The van der Waals surface area contributed by atoms with Gasteiger partial charge >= 0.3 is 0 Å². The van der Waals surface area contributed by atoms with Crippen LogP contribution in [0.5, 0.6) is 5.75 Å². The highest BCUT2D eigenvalue weighted by Crippen LogP contribution is 2.26. The summed E-state index contributed by atoms with van der Waals surface area (Å²) in [6.45, 7) is 3.06. The summed E-state index contributed by atoms with van der Waals surface area (Å²) in [5, 5.41) is 12.6. The Morgan fingerprint density at radius 3 is 2.46 bits per heavy atom. The van der Waals surface area contributed by atoms with Crippen LogP contribution in [-0.2, 0) is 12.3 Å². The van der Waals surface area contributed by atoms with Crippen molar-refractivity contribution >= 4 is 33.6 Å². The molecule has 0 spiro atoms. The van der Waals surface area contributed by atoms with Gasteiger partial charge in [-0.3, -0.25) is 9.36 Å². The SMILES string of the molecule is CCCCOc1ccc(C(=O)NCc2nnc(SCc3ccc(Br)cc3)n2-c2ccccc2)cc1. The van der Waals surface area contributed by atoms with Gasteiger partial charge in [0.1, 0.15) is 5.75 Å². The van der Waals surface area contributed by atoms with Gasteiger partial charge in [-0.05, 0) is 60.5 Å². The van der Waals surface area contributed by atoms with E-state index < -0.39 is 0 Å². The predicted molar refractivity (Wildman–Crippen MR) is 143 cm³/mol. The Morgan fingerprint density at radius 2 is 1.74 bits per heavy atom. The number of carbonyl (C=O) groups is 1. The third-order valence-corrected chi connectivity index (χ3v) is 6.81. The van der Waals surface area contributed by atoms with Crippen molar-refractivity contribution in [2.24, 2.45) is 0 Å². The van der Waals surface area contributed by atoms with Crippen LogP contribution >= 0.6 is 27.7 Å². The third-order valence-electron chi connectivity index (χ3n) is 5.29. The molecule has 0 fully saturated rings. The number of amides is 1. The first-order valence-corrected chi connectivity index (χ1v) is 13.3. The summed E-state index contributed by atoms with van der Waals surface area (Å²) in [4.78, 5) is 12.8. The van der Waals surface area contributed by atoms with Crippen LogP contribution in [0.4, 0.5) is 0 Å². The van der Waals surface area contributed by atoms with Crippen molar-refractivity contribution < 1.29 is 9.53 Å². The van der Waals surface area contributed by atoms with Gasteiger partial charge in [-0.2, -0.15) is 0 Å². The van der Waals surface area contributed by atoms with Crippen molar-refractivity contribution in [2.75, 3.05) is 6.61 Å². The maximum Gasteiger partial charge on any atom is 0.251 e. The van der Waals surface area contributed by atoms with Crippen molar-refractivity contribution in [2.45, 2.75) is 37.2 Å². The molecule has 0 aliphatic heterocycles. The Bertz CT molecular complexity index is 1230. The van der Waals surface area contributed by atoms with Crippen molar-refractivity contribution in [3.63, 3.8) is 0 Å². The second-order valence-electron chi connectivity index (χ2n) is 7.89. The fourth-order valence-electron chi connectivity index (χ4n) is 3.37. The van der Waals surface area contributed by atoms with Gasteiger partial charge in [-0.15, -0.1) is 10.2 Å². The fourth-order valence-corrected chi connectivity index (χ4v) is 4.56. The lowest BCUT2D eigenvalue weighted by Gasteiger charge is -2.11. The Kier molecular flexibility index (Phi) is 8.97. The van der Waals surface area contributed by atoms with Gasteiger partial charge in [-0.1, -0.05) is 71.4 Å². The molecule has 0 radical (unpaired) electrons. The van der Waals surface area contributed by atoms with Gasteiger partial charge in [0.15, 0.2) is 11.0 Å². The van der Waals surface area contributed by atoms with E-state index in [-0.39, 0.29) is 12.5 Å². The number of carbonyl (C=O) groups excluding carboxylic acids is 1. The van der Waals surface area contributed by atoms with Crippen molar-refractivity contribution in [1.82, 2.24) is 20.1 Å². The van der Waals surface area contributed by atoms with Crippen LogP contribution in [-0.4, -0.2) is 27.3 Å². The summed E-state index contributed by atoms with van der Waals surface area (Å²) in [5.74, 6) is 2.03. The normalized spacial score (nSPS) is 10.8. The maximum absolute atomic E-state index is 12.8. The molecule has 6 nitrogen and oxygen atoms in total. The minimum absolute atomic E-state index is 0.170. The number of hydrogen-bond donors (Lipinski definition) is 1. The zero-order valence-corrected chi connectivity index (χ0v) is 21.9. The Balaban J connectivity index is 1.45. The van der Waals surface area contributed by atoms with Crippen LogP contribution in [0, 0.1) is 0 Å². The number of ether oxygens (including phenoxy) is 1. The minimum Gasteiger partial charge on any atom is -0.494 e. The number of benzene rings is 3. The Labute approximate surface area is 218 Å². The van der Waals surface area contributed by atoms with E-state index in [0.29, 0.717) is 18.0 Å². The van der Waals surface area contributed by atoms with Gasteiger partial charge in [0.05, 0.1) is 13.2 Å². The summed E-state index contributed by atoms with van der Waals surface area (Å²) in [6, 6.07) is 25.4. The summed E-state index contributed by atoms with van der Waals surface area (Å²) in [6.07, 6.45) is 2.09. The van der Waals surface area contributed by atoms with E-state index in [0.717, 1.165) is 39.7 Å². The first-order chi connectivity index (χ1) is 17.1. The quantitative estimate of drug-likeness (QED) is 0.172. The summed E-state index contributed by atoms with van der Waals surface area (Å²) in [5.41, 5.74) is 2.72. The molecule has 1 amide bonds. The Hall–Kier alpha value is -3.10. The Morgan fingerprint density at radius 1 is 1.00 bits per heavy atom. The van der Waals surface area contributed by atoms with Crippen LogP contribution in [0.1, 0.15) is 41.5 Å². The van der Waals surface area contributed by atoms with Gasteiger partial charge in [0, 0.05) is 21.5 Å². The topological polar surface area (TPSA) is 69.0 Å². The zero-order chi connectivity index (χ0) is 24.5. The van der Waals surface area contributed by atoms with Crippen LogP contribution in [0.15, 0.2) is 88.5 Å². The number of unbranched alkanes of at least 4 members (excludes halogenated alkanes) is 1. The molecule has 4 rings (SSSR count). The number of nitrogens with one attached hydrogen (secondary N) is 1. The largest absolute Gasteiger partial charge is 0.494 e. The summed E-state index contributed by atoms with van der Waals surface area (Å²) in [7, 11) is 0. The number of aromatic nitrogens is 3. The van der Waals surface area contributed by atoms with Gasteiger partial charge in [-0.25, -0.2) is 0 Å². The van der Waals surface area contributed by atoms with Crippen molar-refractivity contribution in [3.8, 4) is 11.4 Å². The second-order valence-corrected chi connectivity index (χ2v) is 9.75. The maximum atomic E-state index is 12.8. The average Bonchev–Trinajstić information content (AvgIpc) is 3.31. The zero-order valence-electron chi connectivity index (χ0n) is 19.5. The second kappa shape index (κ2) is 12.6. The molecule has 1 heterocycles. The molecule has 180 valence electrons. The molecule has 0 aliphatic carbocycles. The highest BCUT2D eigenvalue weighted by atomic mass is 79.9. The van der Waals surface area contributed by atoms with E-state index >= 15 is 0 Å². The standard InChI is InChI=1S/C27H27BrN4O2S/c1-2-3-17-34-24-15-11-21(12-16-24)26(33)29-18-25-30-31-27(32(25)23-7-5-4-6-8-23)35-19-20-9-13-22(28)14-10-20/h4-16H,2-3,17-19H2,1H3,(H,29,33). The van der Waals surface area contributed by atoms with Gasteiger partial charge in [0.2, 0.25) is 0 Å². The van der Waals surface area contributed by atoms with E-state index in [1.807, 2.05) is 59.2 Å². The molecule has 0 saturated heterocycles. The number of thioether (sulfide) groups is 1. The smallest absolute Gasteiger partial charge is 0.251 e. The molecular weight excluding hydrogens is 524 g/mol. The number of rotatable bonds is 11. The number of para-hydroxylation sites is 1. The molecule has 0 atom stereocenters. The van der Waals surface area contributed by atoms with Crippen molar-refractivity contribution in [1.29, 1.82) is 0 Å². The predicted octanol–water partition coefficient (Wildman–Crippen LogP) is 6.43. The number of nitrogens with zero attached hydrogens (tertiary/aromatic N) is 3. The molecule has 8 heteroatoms. The minimum atomic E-state index is -0.170. The van der Waals surface area contributed by atoms with Crippen LogP contribution in [0.25, 0.3) is 5.69 Å². The lowest BCUT2D eigenvalue weighted by molar-refractivity contribution is 0.0949. The highest BCUT2D eigenvalue weighted by molar-refractivity contribution is 9.10. The lowest BCUT2D eigenvalue weighted by Crippen LogP contribution is -2.24. The molecule has 1 aromatic heterocycles. The highest BCUT2D eigenvalue weighted by Gasteiger charge is 2.16. The van der Waals surface area contributed by atoms with Crippen LogP contribution < -0.4 is 10.1 Å². The monoisotopic (exact) mass is 550 g/mol. The molecule has 3 aromatic carbocycles. The van der Waals surface area contributed by atoms with E-state index in [4.69, 9.17) is 4.74 Å². The number of halogens is 1. The molecule has 0 unspecified atom stereocenters. The van der Waals surface area contributed by atoms with E-state index in [1.54, 1.807) is 23.9 Å². The summed E-state index contributed by atoms with van der Waals surface area (Å²) < 4.78 is 8.73. The first-order valence-electron chi connectivity index (χ1n) is 11.5. The average molecular weight is 552 g/mol. The van der Waals surface area contributed by atoms with Crippen molar-refractivity contribution in [3.05, 3.63) is 100 Å². The molecular formula is C27H27BrN4O2S. The molecule has 0 saturated carbocycles. The van der Waals surface area contributed by atoms with Crippen LogP contribution in [0.3, 0.4) is 0 Å². The van der Waals surface area contributed by atoms with Crippen LogP contribution in [0.2, 0.25) is 0 Å². The molecule has 0 aliphatic rings.